The second kappa shape index (κ2) is 16.1. The van der Waals surface area contributed by atoms with Gasteiger partial charge in [-0.3, -0.25) is 14.3 Å². The number of hydrogen-bond acceptors (Lipinski definition) is 8. The van der Waals surface area contributed by atoms with Crippen molar-refractivity contribution in [3.05, 3.63) is 130 Å². The van der Waals surface area contributed by atoms with Crippen LogP contribution in [-0.4, -0.2) is 71.0 Å². The van der Waals surface area contributed by atoms with E-state index in [0.717, 1.165) is 32.6 Å². The summed E-state index contributed by atoms with van der Waals surface area (Å²) >= 11 is 3.70. The fourth-order valence-corrected chi connectivity index (χ4v) is 13.2. The van der Waals surface area contributed by atoms with Crippen LogP contribution in [0.1, 0.15) is 48.6 Å². The van der Waals surface area contributed by atoms with Crippen molar-refractivity contribution in [2.75, 3.05) is 23.9 Å². The summed E-state index contributed by atoms with van der Waals surface area (Å²) in [4.78, 5) is 29.1. The van der Waals surface area contributed by atoms with E-state index in [4.69, 9.17) is 9.47 Å². The number of carbonyl (C=O) groups excluding carboxylic acids is 2. The molecule has 0 aliphatic carbocycles. The molecule has 0 saturated carbocycles. The van der Waals surface area contributed by atoms with Crippen LogP contribution in [-0.2, 0) is 33.0 Å². The fraction of sp³-hybridized carbons (Fsp3) is 0.349. The summed E-state index contributed by atoms with van der Waals surface area (Å²) in [6, 6.07) is 31.4. The zero-order valence-corrected chi connectivity index (χ0v) is 34.8. The third-order valence-corrected chi connectivity index (χ3v) is 16.5. The Kier molecular flexibility index (Phi) is 11.3. The number of aliphatic hydroxyl groups is 2. The molecule has 6 atom stereocenters. The van der Waals surface area contributed by atoms with E-state index in [0.29, 0.717) is 30.9 Å². The van der Waals surface area contributed by atoms with Gasteiger partial charge in [-0.05, 0) is 72.5 Å². The smallest absolute Gasteiger partial charge is 0.264 e. The highest BCUT2D eigenvalue weighted by Crippen LogP contribution is 2.60. The molecule has 5 aromatic rings. The van der Waals surface area contributed by atoms with Gasteiger partial charge in [0, 0.05) is 34.4 Å². The van der Waals surface area contributed by atoms with E-state index in [1.54, 1.807) is 19.2 Å². The monoisotopic (exact) mass is 837 g/mol. The third kappa shape index (κ3) is 7.34. The van der Waals surface area contributed by atoms with Gasteiger partial charge in [0.1, 0.15) is 11.9 Å². The topological polar surface area (TPSA) is 139 Å². The molecule has 0 bridgehead atoms. The number of halogens is 1. The molecule has 2 aliphatic rings. The quantitative estimate of drug-likeness (QED) is 0.117. The van der Waals surface area contributed by atoms with E-state index >= 15 is 4.79 Å². The summed E-state index contributed by atoms with van der Waals surface area (Å²) in [7, 11) is -0.719. The molecular formula is C43H48BrN5O6Si. The average molecular weight is 839 g/mol. The van der Waals surface area contributed by atoms with Crippen LogP contribution in [0.4, 0.5) is 11.4 Å². The van der Waals surface area contributed by atoms with E-state index in [-0.39, 0.29) is 36.0 Å². The van der Waals surface area contributed by atoms with Gasteiger partial charge in [-0.2, -0.15) is 0 Å². The minimum atomic E-state index is -2.38. The fourth-order valence-electron chi connectivity index (χ4n) is 8.73. The van der Waals surface area contributed by atoms with E-state index in [1.165, 1.54) is 12.1 Å². The summed E-state index contributed by atoms with van der Waals surface area (Å²) in [5.74, 6) is -0.283. The maximum Gasteiger partial charge on any atom is 0.264 e. The molecule has 292 valence electrons. The highest BCUT2D eigenvalue weighted by Gasteiger charge is 2.66. The Bertz CT molecular complexity index is 2180. The van der Waals surface area contributed by atoms with Crippen molar-refractivity contribution in [2.24, 2.45) is 5.92 Å². The number of anilines is 2. The SMILES string of the molecule is COc1ccc([Si](C)(C)[C@@H]2[C@@H](CCn3cc(C(CO)c4ccccc4)nn3)O[C@]3(C(=O)N(Cc4ccc(NC(=O)[C@H](C)O)cc4)c4ccc(Br)cc43)[C@H]2C)cc1. The van der Waals surface area contributed by atoms with Gasteiger partial charge in [0.25, 0.3) is 11.8 Å². The molecule has 1 unspecified atom stereocenters. The predicted molar refractivity (Wildman–Crippen MR) is 222 cm³/mol. The number of methoxy groups -OCH3 is 1. The lowest BCUT2D eigenvalue weighted by atomic mass is 9.82. The largest absolute Gasteiger partial charge is 0.497 e. The number of nitrogens with zero attached hydrogens (tertiary/aromatic N) is 4. The van der Waals surface area contributed by atoms with E-state index in [9.17, 15) is 15.0 Å². The minimum Gasteiger partial charge on any atom is -0.497 e. The molecule has 4 aromatic carbocycles. The molecule has 1 fully saturated rings. The lowest BCUT2D eigenvalue weighted by Crippen LogP contribution is -2.51. The van der Waals surface area contributed by atoms with Gasteiger partial charge in [-0.15, -0.1) is 5.10 Å². The van der Waals surface area contributed by atoms with Crippen molar-refractivity contribution >= 4 is 52.4 Å². The lowest BCUT2D eigenvalue weighted by molar-refractivity contribution is -0.146. The zero-order chi connectivity index (χ0) is 39.8. The standard InChI is InChI=1S/C43H48BrN5O6Si/c1-27-40(56(4,5)34-18-16-33(54-3)17-19-34)39(21-22-48-25-37(46-47-48)35(26-50)30-9-7-6-8-10-30)55-43(27)36-23-31(44)13-20-38(36)49(42(43)53)24-29-11-14-32(15-12-29)45-41(52)28(2)51/h6-20,23,25,27-28,35,39-40,50-51H,21-22,24,26H2,1-5H3,(H,45,52)/t27-,28-,35?,39+,40-,43+/m0/s1. The number of carbonyl (C=O) groups is 2. The average Bonchev–Trinajstić information content (AvgIpc) is 3.85. The first-order valence-corrected chi connectivity index (χ1v) is 22.8. The molecule has 3 heterocycles. The molecule has 0 radical (unpaired) electrons. The molecule has 2 aliphatic heterocycles. The van der Waals surface area contributed by atoms with Crippen molar-refractivity contribution in [1.29, 1.82) is 0 Å². The molecule has 1 saturated heterocycles. The Hall–Kier alpha value is -4.66. The highest BCUT2D eigenvalue weighted by atomic mass is 79.9. The molecule has 7 rings (SSSR count). The van der Waals surface area contributed by atoms with Crippen LogP contribution >= 0.6 is 15.9 Å². The Morgan fingerprint density at radius 3 is 2.43 bits per heavy atom. The van der Waals surface area contributed by atoms with Gasteiger partial charge in [0.15, 0.2) is 5.60 Å². The van der Waals surface area contributed by atoms with Crippen molar-refractivity contribution in [2.45, 2.75) is 75.7 Å². The number of hydrogen-bond donors (Lipinski definition) is 3. The number of amides is 2. The van der Waals surface area contributed by atoms with Crippen LogP contribution in [0.15, 0.2) is 108 Å². The van der Waals surface area contributed by atoms with Crippen LogP contribution < -0.4 is 20.1 Å². The van der Waals surface area contributed by atoms with Crippen LogP contribution in [0.2, 0.25) is 18.6 Å². The van der Waals surface area contributed by atoms with Crippen molar-refractivity contribution in [3.8, 4) is 5.75 Å². The summed E-state index contributed by atoms with van der Waals surface area (Å²) in [6.45, 7) is 9.05. The minimum absolute atomic E-state index is 0.0286. The zero-order valence-electron chi connectivity index (χ0n) is 32.2. The summed E-state index contributed by atoms with van der Waals surface area (Å²) in [5.41, 5.74) is 3.54. The molecule has 2 amide bonds. The number of fused-ring (bicyclic) bond motifs is 2. The summed E-state index contributed by atoms with van der Waals surface area (Å²) in [6.07, 6.45) is 1.07. The number of aryl methyl sites for hydroxylation is 1. The van der Waals surface area contributed by atoms with Crippen molar-refractivity contribution in [3.63, 3.8) is 0 Å². The first kappa shape index (κ1) is 39.6. The first-order valence-electron chi connectivity index (χ1n) is 19.0. The summed E-state index contributed by atoms with van der Waals surface area (Å²) in [5, 5.41) is 32.8. The number of benzene rings is 4. The van der Waals surface area contributed by atoms with Gasteiger partial charge < -0.3 is 29.9 Å². The molecular weight excluding hydrogens is 790 g/mol. The van der Waals surface area contributed by atoms with Crippen LogP contribution in [0, 0.1) is 5.92 Å². The van der Waals surface area contributed by atoms with Crippen LogP contribution in [0.5, 0.6) is 5.75 Å². The molecule has 3 N–H and O–H groups in total. The molecule has 1 aromatic heterocycles. The van der Waals surface area contributed by atoms with E-state index in [2.05, 4.69) is 63.7 Å². The number of ether oxygens (including phenoxy) is 2. The molecule has 13 heteroatoms. The van der Waals surface area contributed by atoms with Crippen LogP contribution in [0.25, 0.3) is 0 Å². The number of aliphatic hydroxyl groups excluding tert-OH is 2. The van der Waals surface area contributed by atoms with Gasteiger partial charge in [0.05, 0.1) is 51.7 Å². The molecule has 11 nitrogen and oxygen atoms in total. The number of nitrogens with one attached hydrogen (secondary N) is 1. The second-order valence-corrected chi connectivity index (χ2v) is 21.0. The lowest BCUT2D eigenvalue weighted by Gasteiger charge is -2.37. The predicted octanol–water partition coefficient (Wildman–Crippen LogP) is 6.35. The molecule has 1 spiro atoms. The van der Waals surface area contributed by atoms with Gasteiger partial charge in [-0.25, -0.2) is 0 Å². The summed E-state index contributed by atoms with van der Waals surface area (Å²) < 4.78 is 15.5. The second-order valence-electron chi connectivity index (χ2n) is 15.4. The highest BCUT2D eigenvalue weighted by molar-refractivity contribution is 9.10. The van der Waals surface area contributed by atoms with Crippen molar-refractivity contribution < 1.29 is 29.3 Å². The van der Waals surface area contributed by atoms with Crippen LogP contribution in [0.3, 0.4) is 0 Å². The van der Waals surface area contributed by atoms with E-state index < -0.39 is 25.7 Å². The number of rotatable bonds is 13. The van der Waals surface area contributed by atoms with E-state index in [1.807, 2.05) is 88.6 Å². The van der Waals surface area contributed by atoms with Gasteiger partial charge in [0.2, 0.25) is 0 Å². The Morgan fingerprint density at radius 2 is 1.77 bits per heavy atom. The third-order valence-electron chi connectivity index (χ3n) is 11.7. The maximum atomic E-state index is 15.2. The Morgan fingerprint density at radius 1 is 1.05 bits per heavy atom. The maximum absolute atomic E-state index is 15.2. The first-order chi connectivity index (χ1) is 26.9. The van der Waals surface area contributed by atoms with Gasteiger partial charge >= 0.3 is 0 Å². The Labute approximate surface area is 336 Å². The number of aromatic nitrogens is 3. The normalized spacial score (nSPS) is 21.6. The molecule has 56 heavy (non-hydrogen) atoms. The van der Waals surface area contributed by atoms with Crippen molar-refractivity contribution in [1.82, 2.24) is 15.0 Å². The Balaban J connectivity index is 1.22. The van der Waals surface area contributed by atoms with Gasteiger partial charge in [-0.1, -0.05) is 101 Å².